The maximum atomic E-state index is 12.1. The van der Waals surface area contributed by atoms with Crippen molar-refractivity contribution in [2.75, 3.05) is 10.5 Å². The monoisotopic (exact) mass is 461 g/mol. The highest BCUT2D eigenvalue weighted by Crippen LogP contribution is 2.21. The van der Waals surface area contributed by atoms with E-state index in [-0.39, 0.29) is 21.3 Å². The standard InChI is InChI=1S/C12H14N4O2S.C7H5NO3S/c1-8-7-9(2)15-12(14-8)16-19(17,18)11-5-3-10(13)4-6-11;9-7-5-3-1-2-4-6(5)12(10,11)8-7/h3-7H,13H2,1-2H3,(H,14,15,16);1-4H,(H,8,9). The van der Waals surface area contributed by atoms with Crippen LogP contribution in [0.4, 0.5) is 11.6 Å². The number of hydrogen-bond donors (Lipinski definition) is 3. The zero-order chi connectivity index (χ0) is 22.8. The summed E-state index contributed by atoms with van der Waals surface area (Å²) in [4.78, 5) is 19.2. The van der Waals surface area contributed by atoms with E-state index in [4.69, 9.17) is 5.73 Å². The van der Waals surface area contributed by atoms with Crippen LogP contribution in [0.25, 0.3) is 0 Å². The Balaban J connectivity index is 0.000000194. The fourth-order valence-electron chi connectivity index (χ4n) is 2.72. The molecule has 0 bridgehead atoms. The minimum atomic E-state index is -3.69. The van der Waals surface area contributed by atoms with Gasteiger partial charge in [0.1, 0.15) is 4.90 Å². The van der Waals surface area contributed by atoms with Crippen molar-refractivity contribution >= 4 is 37.6 Å². The van der Waals surface area contributed by atoms with E-state index >= 15 is 0 Å². The predicted molar refractivity (Wildman–Crippen MR) is 114 cm³/mol. The molecule has 0 unspecified atom stereocenters. The second-order valence-electron chi connectivity index (χ2n) is 6.58. The topological polar surface area (TPSA) is 161 Å². The van der Waals surface area contributed by atoms with Gasteiger partial charge in [0.25, 0.3) is 26.0 Å². The van der Waals surface area contributed by atoms with Gasteiger partial charge in [0.2, 0.25) is 5.95 Å². The number of aromatic nitrogens is 2. The first kappa shape index (κ1) is 22.2. The Hall–Kier alpha value is -3.51. The number of hydrogen-bond acceptors (Lipinski definition) is 8. The van der Waals surface area contributed by atoms with Crippen LogP contribution in [0.15, 0.2) is 64.4 Å². The van der Waals surface area contributed by atoms with Crippen LogP contribution in [0.5, 0.6) is 0 Å². The molecule has 1 aromatic heterocycles. The van der Waals surface area contributed by atoms with E-state index in [1.165, 1.54) is 36.4 Å². The molecular weight excluding hydrogens is 442 g/mol. The van der Waals surface area contributed by atoms with Gasteiger partial charge in [0.05, 0.1) is 10.5 Å². The summed E-state index contributed by atoms with van der Waals surface area (Å²) in [5.74, 6) is -0.486. The molecule has 10 nitrogen and oxygen atoms in total. The Bertz CT molecular complexity index is 1330. The van der Waals surface area contributed by atoms with Crippen molar-refractivity contribution in [1.29, 1.82) is 0 Å². The van der Waals surface area contributed by atoms with Crippen LogP contribution in [0, 0.1) is 13.8 Å². The number of nitrogen functional groups attached to an aromatic ring is 1. The average molecular weight is 462 g/mol. The highest BCUT2D eigenvalue weighted by molar-refractivity contribution is 7.92. The molecule has 0 radical (unpaired) electrons. The largest absolute Gasteiger partial charge is 0.399 e. The maximum Gasteiger partial charge on any atom is 0.266 e. The van der Waals surface area contributed by atoms with Gasteiger partial charge in [-0.2, -0.15) is 0 Å². The zero-order valence-electron chi connectivity index (χ0n) is 16.5. The van der Waals surface area contributed by atoms with Crippen molar-refractivity contribution in [3.8, 4) is 0 Å². The molecule has 1 aliphatic rings. The van der Waals surface area contributed by atoms with Crippen LogP contribution < -0.4 is 15.2 Å². The lowest BCUT2D eigenvalue weighted by Crippen LogP contribution is -2.20. The third-order valence-corrected chi connectivity index (χ3v) is 6.78. The fourth-order valence-corrected chi connectivity index (χ4v) is 4.83. The third kappa shape index (κ3) is 5.16. The van der Waals surface area contributed by atoms with E-state index in [0.29, 0.717) is 17.1 Å². The molecule has 0 fully saturated rings. The van der Waals surface area contributed by atoms with Crippen molar-refractivity contribution in [2.45, 2.75) is 23.6 Å². The lowest BCUT2D eigenvalue weighted by atomic mass is 10.2. The number of carbonyl (C=O) groups is 1. The van der Waals surface area contributed by atoms with Gasteiger partial charge in [-0.05, 0) is 56.3 Å². The minimum Gasteiger partial charge on any atom is -0.399 e. The fraction of sp³-hybridized carbons (Fsp3) is 0.105. The number of nitrogens with zero attached hydrogens (tertiary/aromatic N) is 2. The van der Waals surface area contributed by atoms with Gasteiger partial charge in [-0.25, -0.2) is 36.2 Å². The number of benzene rings is 2. The SMILES string of the molecule is Cc1cc(C)nc(NS(=O)(=O)c2ccc(N)cc2)n1.O=C1NS(=O)(=O)c2ccccc21. The van der Waals surface area contributed by atoms with Crippen LogP contribution in [0.3, 0.4) is 0 Å². The van der Waals surface area contributed by atoms with Crippen molar-refractivity contribution in [1.82, 2.24) is 14.7 Å². The Morgan fingerprint density at radius 1 is 0.968 bits per heavy atom. The maximum absolute atomic E-state index is 12.1. The number of aryl methyl sites for hydroxylation is 2. The normalized spacial score (nSPS) is 14.1. The predicted octanol–water partition coefficient (Wildman–Crippen LogP) is 1.60. The summed E-state index contributed by atoms with van der Waals surface area (Å²) in [6, 6.07) is 13.8. The second kappa shape index (κ2) is 8.32. The smallest absolute Gasteiger partial charge is 0.266 e. The molecule has 0 saturated heterocycles. The lowest BCUT2D eigenvalue weighted by molar-refractivity contribution is 0.0985. The first-order valence-corrected chi connectivity index (χ1v) is 11.8. The Morgan fingerprint density at radius 3 is 2.13 bits per heavy atom. The van der Waals surface area contributed by atoms with Gasteiger partial charge >= 0.3 is 0 Å². The number of nitrogens with two attached hydrogens (primary N) is 1. The van der Waals surface area contributed by atoms with Gasteiger partial charge in [0, 0.05) is 17.1 Å². The molecule has 0 aliphatic carbocycles. The quantitative estimate of drug-likeness (QED) is 0.496. The van der Waals surface area contributed by atoms with Crippen molar-refractivity contribution < 1.29 is 21.6 Å². The molecule has 12 heteroatoms. The number of amides is 1. The Morgan fingerprint density at radius 2 is 1.55 bits per heavy atom. The van der Waals surface area contributed by atoms with Gasteiger partial charge < -0.3 is 5.73 Å². The number of carbonyl (C=O) groups excluding carboxylic acids is 1. The third-order valence-electron chi connectivity index (χ3n) is 4.05. The summed E-state index contributed by atoms with van der Waals surface area (Å²) in [7, 11) is -7.25. The molecule has 2 aromatic carbocycles. The van der Waals surface area contributed by atoms with Gasteiger partial charge in [-0.15, -0.1) is 0 Å². The van der Waals surface area contributed by atoms with Crippen LogP contribution in [0.1, 0.15) is 21.7 Å². The highest BCUT2D eigenvalue weighted by Gasteiger charge is 2.31. The van der Waals surface area contributed by atoms with Crippen molar-refractivity contribution in [3.05, 3.63) is 71.5 Å². The number of nitrogens with one attached hydrogen (secondary N) is 2. The van der Waals surface area contributed by atoms with E-state index in [0.717, 1.165) is 0 Å². The zero-order valence-corrected chi connectivity index (χ0v) is 18.2. The van der Waals surface area contributed by atoms with Gasteiger partial charge in [-0.3, -0.25) is 4.79 Å². The molecule has 4 rings (SSSR count). The minimum absolute atomic E-state index is 0.0642. The first-order valence-electron chi connectivity index (χ1n) is 8.85. The molecule has 2 heterocycles. The van der Waals surface area contributed by atoms with E-state index in [1.807, 2.05) is 4.72 Å². The summed E-state index contributed by atoms with van der Waals surface area (Å²) < 4.78 is 50.7. The molecule has 1 amide bonds. The van der Waals surface area contributed by atoms with Gasteiger partial charge in [0.15, 0.2) is 0 Å². The Kier molecular flexibility index (Phi) is 5.95. The molecule has 31 heavy (non-hydrogen) atoms. The van der Waals surface area contributed by atoms with Crippen molar-refractivity contribution in [3.63, 3.8) is 0 Å². The number of sulfonamides is 2. The molecule has 4 N–H and O–H groups in total. The Labute approximate surface area is 179 Å². The van der Waals surface area contributed by atoms with E-state index in [1.54, 1.807) is 32.0 Å². The van der Waals surface area contributed by atoms with E-state index < -0.39 is 26.0 Å². The summed E-state index contributed by atoms with van der Waals surface area (Å²) in [6.45, 7) is 3.55. The molecule has 162 valence electrons. The van der Waals surface area contributed by atoms with E-state index in [2.05, 4.69) is 14.7 Å². The van der Waals surface area contributed by atoms with Gasteiger partial charge in [-0.1, -0.05) is 12.1 Å². The van der Waals surface area contributed by atoms with Crippen LogP contribution >= 0.6 is 0 Å². The molecule has 0 atom stereocenters. The summed E-state index contributed by atoms with van der Waals surface area (Å²) in [5.41, 5.74) is 7.64. The lowest BCUT2D eigenvalue weighted by Gasteiger charge is -2.08. The van der Waals surface area contributed by atoms with Crippen LogP contribution in [-0.2, 0) is 20.0 Å². The summed E-state index contributed by atoms with van der Waals surface area (Å²) in [6.07, 6.45) is 0. The summed E-state index contributed by atoms with van der Waals surface area (Å²) >= 11 is 0. The van der Waals surface area contributed by atoms with Crippen LogP contribution in [0.2, 0.25) is 0 Å². The van der Waals surface area contributed by atoms with Crippen LogP contribution in [-0.4, -0.2) is 32.7 Å². The number of rotatable bonds is 3. The second-order valence-corrected chi connectivity index (χ2v) is 9.91. The molecular formula is C19H19N5O5S2. The highest BCUT2D eigenvalue weighted by atomic mass is 32.2. The number of fused-ring (bicyclic) bond motifs is 1. The molecule has 3 aromatic rings. The van der Waals surface area contributed by atoms with E-state index in [9.17, 15) is 21.6 Å². The first-order chi connectivity index (χ1) is 14.5. The molecule has 1 aliphatic heterocycles. The molecule has 0 saturated carbocycles. The molecule has 0 spiro atoms. The number of anilines is 2. The average Bonchev–Trinajstić information content (AvgIpc) is 2.90. The van der Waals surface area contributed by atoms with Crippen molar-refractivity contribution in [2.24, 2.45) is 0 Å². The summed E-state index contributed by atoms with van der Waals surface area (Å²) in [5, 5.41) is 0.